The lowest BCUT2D eigenvalue weighted by molar-refractivity contribution is -0.143. The number of ether oxygens (including phenoxy) is 2. The van der Waals surface area contributed by atoms with Crippen LogP contribution >= 0.6 is 0 Å². The fraction of sp³-hybridized carbons (Fsp3) is 0.300. The average Bonchev–Trinajstić information content (AvgIpc) is 3.15. The van der Waals surface area contributed by atoms with E-state index >= 15 is 0 Å². The molecule has 0 aliphatic heterocycles. The largest absolute Gasteiger partial charge is 0.465 e. The van der Waals surface area contributed by atoms with E-state index in [-0.39, 0.29) is 55.7 Å². The molecular weight excluding hydrogens is 418 g/mol. The number of nitrogens with one attached hydrogen (secondary N) is 2. The Labute approximate surface area is 183 Å². The van der Waals surface area contributed by atoms with E-state index in [1.54, 1.807) is 6.92 Å². The summed E-state index contributed by atoms with van der Waals surface area (Å²) < 4.78 is 11.5. The lowest BCUT2D eigenvalue weighted by atomic mass is 10.2. The van der Waals surface area contributed by atoms with Gasteiger partial charge in [0, 0.05) is 13.0 Å². The normalized spacial score (nSPS) is 10.5. The second kappa shape index (κ2) is 10.7. The van der Waals surface area contributed by atoms with Gasteiger partial charge in [-0.25, -0.2) is 9.78 Å². The summed E-state index contributed by atoms with van der Waals surface area (Å²) in [4.78, 5) is 48.0. The number of nitrogens with zero attached hydrogens (tertiary/aromatic N) is 4. The van der Waals surface area contributed by atoms with Gasteiger partial charge in [-0.05, 0) is 12.5 Å². The second-order valence-electron chi connectivity index (χ2n) is 6.57. The molecule has 0 unspecified atom stereocenters. The summed E-state index contributed by atoms with van der Waals surface area (Å²) >= 11 is 0. The fourth-order valence-electron chi connectivity index (χ4n) is 2.76. The summed E-state index contributed by atoms with van der Waals surface area (Å²) in [6, 6.07) is 9.23. The topological polar surface area (TPSA) is 163 Å². The molecule has 2 aromatic heterocycles. The van der Waals surface area contributed by atoms with Crippen molar-refractivity contribution in [2.75, 3.05) is 24.2 Å². The summed E-state index contributed by atoms with van der Waals surface area (Å²) in [5.74, 6) is -0.875. The van der Waals surface area contributed by atoms with Crippen LogP contribution in [0.3, 0.4) is 0 Å². The minimum Gasteiger partial charge on any atom is -0.465 e. The standard InChI is InChI=1S/C20H23N7O5/c1-2-31-15(29)10-27-12-23-16-17(25-19(21)26-18(16)27)24-14(28)8-9-22-20(30)32-11-13-6-4-3-5-7-13/h3-7,12H,2,8-11H2,1H3,(H,22,30)(H3,21,24,25,26,28). The predicted octanol–water partition coefficient (Wildman–Crippen LogP) is 1.23. The molecule has 0 fully saturated rings. The second-order valence-corrected chi connectivity index (χ2v) is 6.57. The number of fused-ring (bicyclic) bond motifs is 1. The highest BCUT2D eigenvalue weighted by Gasteiger charge is 2.16. The van der Waals surface area contributed by atoms with E-state index < -0.39 is 18.0 Å². The zero-order chi connectivity index (χ0) is 22.9. The lowest BCUT2D eigenvalue weighted by Crippen LogP contribution is -2.28. The summed E-state index contributed by atoms with van der Waals surface area (Å²) in [5.41, 5.74) is 7.14. The molecule has 4 N–H and O–H groups in total. The van der Waals surface area contributed by atoms with E-state index in [0.717, 1.165) is 5.56 Å². The number of rotatable bonds is 9. The molecule has 168 valence electrons. The Kier molecular flexibility index (Phi) is 7.51. The molecule has 0 spiro atoms. The molecule has 2 amide bonds. The van der Waals surface area contributed by atoms with E-state index in [2.05, 4.69) is 25.6 Å². The molecule has 1 aromatic carbocycles. The van der Waals surface area contributed by atoms with Gasteiger partial charge < -0.3 is 30.4 Å². The van der Waals surface area contributed by atoms with E-state index in [4.69, 9.17) is 15.2 Å². The molecule has 0 aliphatic rings. The zero-order valence-corrected chi connectivity index (χ0v) is 17.4. The number of benzene rings is 1. The Hall–Kier alpha value is -4.22. The minimum absolute atomic E-state index is 0.0324. The molecule has 3 aromatic rings. The highest BCUT2D eigenvalue weighted by Crippen LogP contribution is 2.20. The van der Waals surface area contributed by atoms with Crippen LogP contribution in [0.4, 0.5) is 16.6 Å². The highest BCUT2D eigenvalue weighted by molar-refractivity contribution is 5.97. The Morgan fingerprint density at radius 2 is 1.91 bits per heavy atom. The average molecular weight is 441 g/mol. The van der Waals surface area contributed by atoms with Gasteiger partial charge in [0.05, 0.1) is 12.9 Å². The molecule has 12 nitrogen and oxygen atoms in total. The maximum Gasteiger partial charge on any atom is 0.407 e. The Balaban J connectivity index is 1.53. The third-order valence-corrected chi connectivity index (χ3v) is 4.18. The number of anilines is 2. The lowest BCUT2D eigenvalue weighted by Gasteiger charge is -2.08. The number of nitrogen functional groups attached to an aromatic ring is 1. The van der Waals surface area contributed by atoms with Crippen LogP contribution in [0, 0.1) is 0 Å². The van der Waals surface area contributed by atoms with Crippen LogP contribution in [-0.2, 0) is 32.2 Å². The number of esters is 1. The summed E-state index contributed by atoms with van der Waals surface area (Å²) in [6.07, 6.45) is 0.721. The molecule has 0 saturated carbocycles. The molecule has 0 bridgehead atoms. The number of amides is 2. The number of hydrogen-bond donors (Lipinski definition) is 3. The number of carbonyl (C=O) groups excluding carboxylic acids is 3. The van der Waals surface area contributed by atoms with Gasteiger partial charge in [-0.2, -0.15) is 9.97 Å². The van der Waals surface area contributed by atoms with Crippen LogP contribution in [0.25, 0.3) is 11.2 Å². The fourth-order valence-corrected chi connectivity index (χ4v) is 2.76. The van der Waals surface area contributed by atoms with E-state index in [9.17, 15) is 14.4 Å². The number of imidazole rings is 1. The first kappa shape index (κ1) is 22.5. The molecule has 32 heavy (non-hydrogen) atoms. The van der Waals surface area contributed by atoms with Crippen molar-refractivity contribution in [3.05, 3.63) is 42.2 Å². The van der Waals surface area contributed by atoms with Crippen molar-refractivity contribution in [3.8, 4) is 0 Å². The van der Waals surface area contributed by atoms with Gasteiger partial charge in [0.25, 0.3) is 0 Å². The van der Waals surface area contributed by atoms with Crippen LogP contribution in [0.5, 0.6) is 0 Å². The van der Waals surface area contributed by atoms with Gasteiger partial charge in [-0.15, -0.1) is 0 Å². The van der Waals surface area contributed by atoms with Crippen LogP contribution in [0.15, 0.2) is 36.7 Å². The molecule has 12 heteroatoms. The maximum atomic E-state index is 12.3. The third-order valence-electron chi connectivity index (χ3n) is 4.18. The van der Waals surface area contributed by atoms with Crippen LogP contribution < -0.4 is 16.4 Å². The van der Waals surface area contributed by atoms with Crippen LogP contribution in [0.2, 0.25) is 0 Å². The van der Waals surface area contributed by atoms with Crippen molar-refractivity contribution < 1.29 is 23.9 Å². The molecular formula is C20H23N7O5. The van der Waals surface area contributed by atoms with Gasteiger partial charge in [-0.3, -0.25) is 9.59 Å². The highest BCUT2D eigenvalue weighted by atomic mass is 16.5. The predicted molar refractivity (Wildman–Crippen MR) is 114 cm³/mol. The molecule has 0 aliphatic carbocycles. The van der Waals surface area contributed by atoms with Crippen molar-refractivity contribution in [2.24, 2.45) is 0 Å². The van der Waals surface area contributed by atoms with Gasteiger partial charge in [0.1, 0.15) is 13.2 Å². The van der Waals surface area contributed by atoms with E-state index in [0.29, 0.717) is 0 Å². The summed E-state index contributed by atoms with van der Waals surface area (Å²) in [7, 11) is 0. The molecule has 3 rings (SSSR count). The number of nitrogens with two attached hydrogens (primary N) is 1. The quantitative estimate of drug-likeness (QED) is 0.414. The van der Waals surface area contributed by atoms with Crippen molar-refractivity contribution in [2.45, 2.75) is 26.5 Å². The van der Waals surface area contributed by atoms with Crippen molar-refractivity contribution in [1.29, 1.82) is 0 Å². The molecule has 0 saturated heterocycles. The Bertz CT molecular complexity index is 1100. The van der Waals surface area contributed by atoms with Gasteiger partial charge >= 0.3 is 12.1 Å². The van der Waals surface area contributed by atoms with E-state index in [1.807, 2.05) is 30.3 Å². The smallest absolute Gasteiger partial charge is 0.407 e. The molecule has 0 atom stereocenters. The van der Waals surface area contributed by atoms with Crippen LogP contribution in [-0.4, -0.2) is 50.6 Å². The molecule has 2 heterocycles. The first-order valence-corrected chi connectivity index (χ1v) is 9.84. The third kappa shape index (κ3) is 6.14. The van der Waals surface area contributed by atoms with Gasteiger partial charge in [0.15, 0.2) is 17.0 Å². The maximum absolute atomic E-state index is 12.3. The number of alkyl carbamates (subject to hydrolysis) is 1. The first-order valence-electron chi connectivity index (χ1n) is 9.84. The summed E-state index contributed by atoms with van der Waals surface area (Å²) in [5, 5.41) is 5.10. The molecule has 0 radical (unpaired) electrons. The minimum atomic E-state index is -0.631. The van der Waals surface area contributed by atoms with E-state index in [1.165, 1.54) is 10.9 Å². The van der Waals surface area contributed by atoms with Crippen molar-refractivity contribution in [3.63, 3.8) is 0 Å². The monoisotopic (exact) mass is 441 g/mol. The van der Waals surface area contributed by atoms with Crippen molar-refractivity contribution in [1.82, 2.24) is 24.8 Å². The van der Waals surface area contributed by atoms with Gasteiger partial charge in [0.2, 0.25) is 11.9 Å². The van der Waals surface area contributed by atoms with Crippen LogP contribution in [0.1, 0.15) is 18.9 Å². The SMILES string of the molecule is CCOC(=O)Cn1cnc2c(NC(=O)CCNC(=O)OCc3ccccc3)nc(N)nc21. The summed E-state index contributed by atoms with van der Waals surface area (Å²) in [6.45, 7) is 2.03. The zero-order valence-electron chi connectivity index (χ0n) is 17.4. The van der Waals surface area contributed by atoms with Crippen molar-refractivity contribution >= 4 is 40.9 Å². The Morgan fingerprint density at radius 3 is 2.66 bits per heavy atom. The number of aromatic nitrogens is 4. The Morgan fingerprint density at radius 1 is 1.12 bits per heavy atom. The number of carbonyl (C=O) groups is 3. The number of hydrogen-bond acceptors (Lipinski definition) is 9. The first-order chi connectivity index (χ1) is 15.5. The van der Waals surface area contributed by atoms with Gasteiger partial charge in [-0.1, -0.05) is 30.3 Å².